The Morgan fingerprint density at radius 3 is 2.77 bits per heavy atom. The molecule has 0 radical (unpaired) electrons. The number of nitrogens with two attached hydrogens (primary N) is 1. The Balaban J connectivity index is 3.02. The third-order valence-corrected chi connectivity index (χ3v) is 1.71. The molecule has 0 fully saturated rings. The molecule has 0 aliphatic carbocycles. The van der Waals surface area contributed by atoms with E-state index in [0.29, 0.717) is 5.69 Å². The lowest BCUT2D eigenvalue weighted by molar-refractivity contribution is 0.627. The third-order valence-electron chi connectivity index (χ3n) is 1.44. The minimum atomic E-state index is -0.318. The summed E-state index contributed by atoms with van der Waals surface area (Å²) < 4.78 is 12.8. The van der Waals surface area contributed by atoms with E-state index in [1.807, 2.05) is 0 Å². The van der Waals surface area contributed by atoms with E-state index in [4.69, 9.17) is 17.3 Å². The van der Waals surface area contributed by atoms with Gasteiger partial charge in [-0.3, -0.25) is 0 Å². The molecule has 70 valence electrons. The summed E-state index contributed by atoms with van der Waals surface area (Å²) >= 11 is 5.43. The SMILES string of the molecule is Cc1cc(F)cc(N=C(N)CCl)c1. The summed E-state index contributed by atoms with van der Waals surface area (Å²) in [4.78, 5) is 3.92. The van der Waals surface area contributed by atoms with Gasteiger partial charge in [0.1, 0.15) is 11.7 Å². The topological polar surface area (TPSA) is 38.4 Å². The zero-order valence-electron chi connectivity index (χ0n) is 7.22. The van der Waals surface area contributed by atoms with Gasteiger partial charge >= 0.3 is 0 Å². The van der Waals surface area contributed by atoms with Crippen molar-refractivity contribution in [2.75, 3.05) is 5.88 Å². The molecule has 0 spiro atoms. The summed E-state index contributed by atoms with van der Waals surface area (Å²) in [6, 6.07) is 4.48. The van der Waals surface area contributed by atoms with Crippen molar-refractivity contribution < 1.29 is 4.39 Å². The number of alkyl halides is 1. The first kappa shape index (κ1) is 9.99. The van der Waals surface area contributed by atoms with Crippen molar-refractivity contribution in [1.82, 2.24) is 0 Å². The Labute approximate surface area is 81.2 Å². The highest BCUT2D eigenvalue weighted by Gasteiger charge is 1.97. The smallest absolute Gasteiger partial charge is 0.125 e. The number of halogens is 2. The molecule has 0 unspecified atom stereocenters. The van der Waals surface area contributed by atoms with Crippen LogP contribution in [-0.2, 0) is 0 Å². The molecule has 0 heterocycles. The van der Waals surface area contributed by atoms with Crippen molar-refractivity contribution >= 4 is 23.1 Å². The molecule has 0 atom stereocenters. The van der Waals surface area contributed by atoms with Gasteiger partial charge in [-0.25, -0.2) is 9.38 Å². The highest BCUT2D eigenvalue weighted by Crippen LogP contribution is 2.16. The third kappa shape index (κ3) is 3.03. The molecule has 0 aliphatic rings. The van der Waals surface area contributed by atoms with E-state index in [1.165, 1.54) is 12.1 Å². The number of hydrogen-bond acceptors (Lipinski definition) is 1. The summed E-state index contributed by atoms with van der Waals surface area (Å²) in [6.07, 6.45) is 0. The molecule has 0 aromatic heterocycles. The number of amidine groups is 1. The summed E-state index contributed by atoms with van der Waals surface area (Å²) in [5.74, 6) is 0.114. The predicted molar refractivity (Wildman–Crippen MR) is 53.1 cm³/mol. The van der Waals surface area contributed by atoms with Gasteiger partial charge in [0, 0.05) is 0 Å². The predicted octanol–water partition coefficient (Wildman–Crippen LogP) is 2.36. The molecule has 0 amide bonds. The van der Waals surface area contributed by atoms with Crippen LogP contribution in [0.1, 0.15) is 5.56 Å². The second kappa shape index (κ2) is 4.23. The van der Waals surface area contributed by atoms with Crippen LogP contribution in [0.3, 0.4) is 0 Å². The Kier molecular flexibility index (Phi) is 3.25. The zero-order valence-corrected chi connectivity index (χ0v) is 7.98. The van der Waals surface area contributed by atoms with E-state index in [9.17, 15) is 4.39 Å². The fraction of sp³-hybridized carbons (Fsp3) is 0.222. The van der Waals surface area contributed by atoms with Crippen LogP contribution in [0, 0.1) is 12.7 Å². The molecule has 4 heteroatoms. The second-order valence-electron chi connectivity index (χ2n) is 2.72. The molecule has 1 rings (SSSR count). The maximum atomic E-state index is 12.8. The van der Waals surface area contributed by atoms with Gasteiger partial charge in [-0.05, 0) is 30.7 Å². The Bertz CT molecular complexity index is 316. The monoisotopic (exact) mass is 200 g/mol. The van der Waals surface area contributed by atoms with Gasteiger partial charge in [-0.2, -0.15) is 0 Å². The first-order valence-corrected chi connectivity index (χ1v) is 4.31. The van der Waals surface area contributed by atoms with Crippen LogP contribution >= 0.6 is 11.6 Å². The molecule has 13 heavy (non-hydrogen) atoms. The standard InChI is InChI=1S/C9H10ClFN2/c1-6-2-7(11)4-8(3-6)13-9(12)5-10/h2-4H,5H2,1H3,(H2,12,13). The molecule has 0 bridgehead atoms. The van der Waals surface area contributed by atoms with Gasteiger partial charge in [0.15, 0.2) is 0 Å². The fourth-order valence-electron chi connectivity index (χ4n) is 0.977. The van der Waals surface area contributed by atoms with Crippen molar-refractivity contribution in [2.24, 2.45) is 10.7 Å². The lowest BCUT2D eigenvalue weighted by Crippen LogP contribution is -2.12. The highest BCUT2D eigenvalue weighted by atomic mass is 35.5. The van der Waals surface area contributed by atoms with Crippen LogP contribution in [0.2, 0.25) is 0 Å². The zero-order chi connectivity index (χ0) is 9.84. The summed E-state index contributed by atoms with van der Waals surface area (Å²) in [5.41, 5.74) is 6.70. The van der Waals surface area contributed by atoms with Gasteiger partial charge in [-0.1, -0.05) is 0 Å². The second-order valence-corrected chi connectivity index (χ2v) is 2.99. The normalized spacial score (nSPS) is 11.8. The number of aliphatic imine (C=N–C) groups is 1. The molecule has 0 aliphatic heterocycles. The molecular weight excluding hydrogens is 191 g/mol. The lowest BCUT2D eigenvalue weighted by Gasteiger charge is -1.98. The summed E-state index contributed by atoms with van der Waals surface area (Å²) in [7, 11) is 0. The number of aryl methyl sites for hydroxylation is 1. The molecule has 2 N–H and O–H groups in total. The summed E-state index contributed by atoms with van der Waals surface area (Å²) in [5, 5.41) is 0. The maximum absolute atomic E-state index is 12.8. The van der Waals surface area contributed by atoms with Crippen molar-refractivity contribution in [3.05, 3.63) is 29.6 Å². The van der Waals surface area contributed by atoms with Gasteiger partial charge < -0.3 is 5.73 Å². The van der Waals surface area contributed by atoms with Gasteiger partial charge in [0.05, 0.1) is 11.6 Å². The Morgan fingerprint density at radius 2 is 2.23 bits per heavy atom. The lowest BCUT2D eigenvalue weighted by atomic mass is 10.2. The first-order valence-electron chi connectivity index (χ1n) is 3.78. The van der Waals surface area contributed by atoms with E-state index in [2.05, 4.69) is 4.99 Å². The van der Waals surface area contributed by atoms with Crippen LogP contribution in [0.5, 0.6) is 0 Å². The molecule has 1 aromatic carbocycles. The molecule has 0 saturated carbocycles. The van der Waals surface area contributed by atoms with E-state index in [0.717, 1.165) is 5.56 Å². The van der Waals surface area contributed by atoms with Crippen molar-refractivity contribution in [2.45, 2.75) is 6.92 Å². The van der Waals surface area contributed by atoms with Crippen molar-refractivity contribution in [1.29, 1.82) is 0 Å². The number of nitrogens with zero attached hydrogens (tertiary/aromatic N) is 1. The quantitative estimate of drug-likeness (QED) is 0.444. The minimum absolute atomic E-state index is 0.148. The minimum Gasteiger partial charge on any atom is -0.386 e. The molecular formula is C9H10ClFN2. The Hall–Kier alpha value is -1.09. The van der Waals surface area contributed by atoms with E-state index in [-0.39, 0.29) is 17.5 Å². The average molecular weight is 201 g/mol. The van der Waals surface area contributed by atoms with Crippen molar-refractivity contribution in [3.63, 3.8) is 0 Å². The van der Waals surface area contributed by atoms with Gasteiger partial charge in [0.2, 0.25) is 0 Å². The molecule has 1 aromatic rings. The molecule has 0 saturated heterocycles. The average Bonchev–Trinajstić information content (AvgIpc) is 2.02. The summed E-state index contributed by atoms with van der Waals surface area (Å²) in [6.45, 7) is 1.79. The van der Waals surface area contributed by atoms with Gasteiger partial charge in [-0.15, -0.1) is 11.6 Å². The highest BCUT2D eigenvalue weighted by molar-refractivity contribution is 6.28. The van der Waals surface area contributed by atoms with Crippen molar-refractivity contribution in [3.8, 4) is 0 Å². The van der Waals surface area contributed by atoms with E-state index in [1.54, 1.807) is 13.0 Å². The van der Waals surface area contributed by atoms with Crippen LogP contribution in [0.4, 0.5) is 10.1 Å². The van der Waals surface area contributed by atoms with Crippen LogP contribution < -0.4 is 5.73 Å². The largest absolute Gasteiger partial charge is 0.386 e. The van der Waals surface area contributed by atoms with Crippen LogP contribution in [0.25, 0.3) is 0 Å². The fourth-order valence-corrected chi connectivity index (χ4v) is 1.04. The molecule has 2 nitrogen and oxygen atoms in total. The van der Waals surface area contributed by atoms with Crippen LogP contribution in [-0.4, -0.2) is 11.7 Å². The first-order chi connectivity index (χ1) is 6.11. The maximum Gasteiger partial charge on any atom is 0.125 e. The number of rotatable bonds is 2. The van der Waals surface area contributed by atoms with E-state index < -0.39 is 0 Å². The Morgan fingerprint density at radius 1 is 1.54 bits per heavy atom. The number of hydrogen-bond donors (Lipinski definition) is 1. The van der Waals surface area contributed by atoms with E-state index >= 15 is 0 Å². The van der Waals surface area contributed by atoms with Crippen LogP contribution in [0.15, 0.2) is 23.2 Å². The van der Waals surface area contributed by atoms with Gasteiger partial charge in [0.25, 0.3) is 0 Å². The number of benzene rings is 1.